The van der Waals surface area contributed by atoms with Gasteiger partial charge in [-0.2, -0.15) is 0 Å². The highest BCUT2D eigenvalue weighted by Gasteiger charge is 2.08. The lowest BCUT2D eigenvalue weighted by Crippen LogP contribution is -2.00. The van der Waals surface area contributed by atoms with E-state index in [1.807, 2.05) is 10.6 Å². The first-order valence-electron chi connectivity index (χ1n) is 5.55. The molecule has 2 aromatic heterocycles. The van der Waals surface area contributed by atoms with Crippen LogP contribution in [-0.4, -0.2) is 21.4 Å². The zero-order valence-electron chi connectivity index (χ0n) is 9.76. The topological polar surface area (TPSA) is 42.2 Å². The summed E-state index contributed by atoms with van der Waals surface area (Å²) in [5.41, 5.74) is 2.52. The van der Waals surface area contributed by atoms with Gasteiger partial charge in [0.15, 0.2) is 11.5 Å². The van der Waals surface area contributed by atoms with Crippen LogP contribution in [0, 0.1) is 5.82 Å². The third-order valence-corrected chi connectivity index (χ3v) is 2.80. The summed E-state index contributed by atoms with van der Waals surface area (Å²) in [5.74, 6) is 0.464. The largest absolute Gasteiger partial charge is 0.370 e. The van der Waals surface area contributed by atoms with Crippen molar-refractivity contribution in [3.8, 4) is 11.3 Å². The third-order valence-electron chi connectivity index (χ3n) is 2.80. The highest BCUT2D eigenvalue weighted by molar-refractivity contribution is 5.69. The van der Waals surface area contributed by atoms with Crippen molar-refractivity contribution in [1.82, 2.24) is 14.4 Å². The minimum atomic E-state index is -0.250. The van der Waals surface area contributed by atoms with E-state index in [2.05, 4.69) is 15.3 Å². The van der Waals surface area contributed by atoms with Crippen molar-refractivity contribution in [2.45, 2.75) is 0 Å². The predicted octanol–water partition coefficient (Wildman–Crippen LogP) is 2.58. The molecule has 0 aliphatic rings. The predicted molar refractivity (Wildman–Crippen MR) is 67.9 cm³/mol. The minimum Gasteiger partial charge on any atom is -0.370 e. The Morgan fingerprint density at radius 3 is 2.67 bits per heavy atom. The molecule has 3 rings (SSSR count). The average Bonchev–Trinajstić information content (AvgIpc) is 2.88. The van der Waals surface area contributed by atoms with Crippen LogP contribution in [0.25, 0.3) is 16.9 Å². The zero-order valence-corrected chi connectivity index (χ0v) is 9.76. The first-order chi connectivity index (χ1) is 8.79. The van der Waals surface area contributed by atoms with Crippen LogP contribution in [0.15, 0.2) is 42.9 Å². The number of nitrogens with zero attached hydrogens (tertiary/aromatic N) is 3. The first kappa shape index (κ1) is 10.7. The molecule has 0 fully saturated rings. The Hall–Kier alpha value is -2.43. The van der Waals surface area contributed by atoms with Crippen molar-refractivity contribution in [3.63, 3.8) is 0 Å². The van der Waals surface area contributed by atoms with Crippen LogP contribution in [0.1, 0.15) is 0 Å². The molecule has 18 heavy (non-hydrogen) atoms. The molecule has 0 bridgehead atoms. The van der Waals surface area contributed by atoms with Gasteiger partial charge in [0, 0.05) is 25.0 Å². The SMILES string of the molecule is CNc1ncc(-c2ccc(F)cc2)n2ccnc12. The number of anilines is 1. The Kier molecular flexibility index (Phi) is 2.44. The van der Waals surface area contributed by atoms with E-state index in [0.29, 0.717) is 5.82 Å². The Balaban J connectivity index is 2.24. The molecule has 0 unspecified atom stereocenters. The van der Waals surface area contributed by atoms with E-state index in [4.69, 9.17) is 0 Å². The number of aromatic nitrogens is 3. The molecule has 0 spiro atoms. The molecule has 0 atom stereocenters. The Bertz CT molecular complexity index is 688. The van der Waals surface area contributed by atoms with Gasteiger partial charge in [0.2, 0.25) is 0 Å². The molecule has 1 aromatic carbocycles. The molecule has 0 amide bonds. The summed E-state index contributed by atoms with van der Waals surface area (Å²) in [4.78, 5) is 8.57. The quantitative estimate of drug-likeness (QED) is 0.751. The number of hydrogen-bond acceptors (Lipinski definition) is 3. The standard InChI is InChI=1S/C13H11FN4/c1-15-12-13-16-6-7-18(13)11(8-17-12)9-2-4-10(14)5-3-9/h2-8H,1H3,(H,15,17). The van der Waals surface area contributed by atoms with Gasteiger partial charge < -0.3 is 5.32 Å². The third kappa shape index (κ3) is 1.60. The maximum Gasteiger partial charge on any atom is 0.180 e. The Labute approximate surface area is 103 Å². The lowest BCUT2D eigenvalue weighted by molar-refractivity contribution is 0.628. The monoisotopic (exact) mass is 242 g/mol. The second kappa shape index (κ2) is 4.10. The Morgan fingerprint density at radius 1 is 1.17 bits per heavy atom. The molecule has 2 heterocycles. The van der Waals surface area contributed by atoms with Crippen LogP contribution in [0.5, 0.6) is 0 Å². The summed E-state index contributed by atoms with van der Waals surface area (Å²) in [7, 11) is 1.80. The highest BCUT2D eigenvalue weighted by Crippen LogP contribution is 2.22. The first-order valence-corrected chi connectivity index (χ1v) is 5.55. The van der Waals surface area contributed by atoms with Gasteiger partial charge in [-0.05, 0) is 24.3 Å². The highest BCUT2D eigenvalue weighted by atomic mass is 19.1. The summed E-state index contributed by atoms with van der Waals surface area (Å²) in [6.45, 7) is 0. The number of fused-ring (bicyclic) bond motifs is 1. The fraction of sp³-hybridized carbons (Fsp3) is 0.0769. The van der Waals surface area contributed by atoms with Gasteiger partial charge in [0.05, 0.1) is 11.9 Å². The second-order valence-corrected chi connectivity index (χ2v) is 3.87. The number of imidazole rings is 1. The van der Waals surface area contributed by atoms with Crippen LogP contribution in [0.4, 0.5) is 10.2 Å². The molecular weight excluding hydrogens is 231 g/mol. The molecule has 5 heteroatoms. The van der Waals surface area contributed by atoms with Crippen molar-refractivity contribution in [2.75, 3.05) is 12.4 Å². The number of nitrogens with one attached hydrogen (secondary N) is 1. The lowest BCUT2D eigenvalue weighted by atomic mass is 10.1. The van der Waals surface area contributed by atoms with E-state index in [1.54, 1.807) is 31.6 Å². The summed E-state index contributed by atoms with van der Waals surface area (Å²) >= 11 is 0. The molecular formula is C13H11FN4. The van der Waals surface area contributed by atoms with Crippen molar-refractivity contribution in [3.05, 3.63) is 48.7 Å². The minimum absolute atomic E-state index is 0.250. The summed E-state index contributed by atoms with van der Waals surface area (Å²) < 4.78 is 14.9. The van der Waals surface area contributed by atoms with Crippen LogP contribution in [0.3, 0.4) is 0 Å². The van der Waals surface area contributed by atoms with E-state index in [9.17, 15) is 4.39 Å². The van der Waals surface area contributed by atoms with E-state index in [1.165, 1.54) is 12.1 Å². The van der Waals surface area contributed by atoms with Crippen molar-refractivity contribution in [1.29, 1.82) is 0 Å². The molecule has 1 N–H and O–H groups in total. The molecule has 3 aromatic rings. The number of hydrogen-bond donors (Lipinski definition) is 1. The van der Waals surface area contributed by atoms with Gasteiger partial charge in [-0.15, -0.1) is 0 Å². The van der Waals surface area contributed by atoms with Gasteiger partial charge in [-0.25, -0.2) is 14.4 Å². The molecule has 0 radical (unpaired) electrons. The Morgan fingerprint density at radius 2 is 1.94 bits per heavy atom. The van der Waals surface area contributed by atoms with Crippen LogP contribution in [0.2, 0.25) is 0 Å². The number of rotatable bonds is 2. The fourth-order valence-corrected chi connectivity index (χ4v) is 1.93. The number of benzene rings is 1. The van der Waals surface area contributed by atoms with E-state index < -0.39 is 0 Å². The molecule has 0 aliphatic carbocycles. The molecule has 90 valence electrons. The summed E-state index contributed by atoms with van der Waals surface area (Å²) in [5, 5.41) is 2.99. The summed E-state index contributed by atoms with van der Waals surface area (Å²) in [6, 6.07) is 6.32. The van der Waals surface area contributed by atoms with E-state index in [-0.39, 0.29) is 5.82 Å². The lowest BCUT2D eigenvalue weighted by Gasteiger charge is -2.08. The van der Waals surface area contributed by atoms with Gasteiger partial charge in [-0.1, -0.05) is 0 Å². The van der Waals surface area contributed by atoms with E-state index >= 15 is 0 Å². The maximum absolute atomic E-state index is 12.9. The van der Waals surface area contributed by atoms with Gasteiger partial charge in [-0.3, -0.25) is 4.40 Å². The second-order valence-electron chi connectivity index (χ2n) is 3.87. The average molecular weight is 242 g/mol. The fourth-order valence-electron chi connectivity index (χ4n) is 1.93. The normalized spacial score (nSPS) is 10.8. The zero-order chi connectivity index (χ0) is 12.5. The van der Waals surface area contributed by atoms with Gasteiger partial charge >= 0.3 is 0 Å². The van der Waals surface area contributed by atoms with Gasteiger partial charge in [0.1, 0.15) is 5.82 Å². The molecule has 0 aliphatic heterocycles. The van der Waals surface area contributed by atoms with Crippen molar-refractivity contribution in [2.24, 2.45) is 0 Å². The van der Waals surface area contributed by atoms with Gasteiger partial charge in [0.25, 0.3) is 0 Å². The van der Waals surface area contributed by atoms with Crippen molar-refractivity contribution >= 4 is 11.5 Å². The van der Waals surface area contributed by atoms with Crippen LogP contribution < -0.4 is 5.32 Å². The van der Waals surface area contributed by atoms with E-state index in [0.717, 1.165) is 16.9 Å². The van der Waals surface area contributed by atoms with Crippen LogP contribution in [-0.2, 0) is 0 Å². The summed E-state index contributed by atoms with van der Waals surface area (Å²) in [6.07, 6.45) is 5.31. The maximum atomic E-state index is 12.9. The van der Waals surface area contributed by atoms with Crippen LogP contribution >= 0.6 is 0 Å². The smallest absolute Gasteiger partial charge is 0.180 e. The number of halogens is 1. The molecule has 0 saturated heterocycles. The molecule has 0 saturated carbocycles. The molecule has 4 nitrogen and oxygen atoms in total. The van der Waals surface area contributed by atoms with Crippen molar-refractivity contribution < 1.29 is 4.39 Å².